The van der Waals surface area contributed by atoms with Gasteiger partial charge in [0.15, 0.2) is 0 Å². The first-order valence-electron chi connectivity index (χ1n) is 9.07. The van der Waals surface area contributed by atoms with E-state index in [-0.39, 0.29) is 5.91 Å². The Hall–Kier alpha value is -3.41. The molecule has 144 valence electrons. The molecule has 28 heavy (non-hydrogen) atoms. The number of benzene rings is 2. The van der Waals surface area contributed by atoms with Gasteiger partial charge in [-0.2, -0.15) is 0 Å². The summed E-state index contributed by atoms with van der Waals surface area (Å²) >= 11 is 0. The van der Waals surface area contributed by atoms with Crippen molar-refractivity contribution >= 4 is 5.91 Å². The molecule has 1 aromatic heterocycles. The van der Waals surface area contributed by atoms with Crippen molar-refractivity contribution < 1.29 is 14.3 Å². The van der Waals surface area contributed by atoms with Gasteiger partial charge in [-0.3, -0.25) is 4.79 Å². The summed E-state index contributed by atoms with van der Waals surface area (Å²) in [7, 11) is 1.61. The van der Waals surface area contributed by atoms with Gasteiger partial charge < -0.3 is 14.8 Å². The van der Waals surface area contributed by atoms with Gasteiger partial charge in [-0.25, -0.2) is 9.97 Å². The van der Waals surface area contributed by atoms with Crippen molar-refractivity contribution in [3.8, 4) is 28.6 Å². The molecule has 0 spiro atoms. The van der Waals surface area contributed by atoms with Crippen LogP contribution in [0, 0.1) is 5.92 Å². The number of rotatable bonds is 7. The Labute approximate surface area is 164 Å². The van der Waals surface area contributed by atoms with Crippen LogP contribution in [0.4, 0.5) is 0 Å². The van der Waals surface area contributed by atoms with Crippen molar-refractivity contribution in [1.82, 2.24) is 15.3 Å². The molecule has 0 atom stereocenters. The summed E-state index contributed by atoms with van der Waals surface area (Å²) in [6.07, 6.45) is 1.44. The number of hydrogen-bond acceptors (Lipinski definition) is 5. The van der Waals surface area contributed by atoms with E-state index in [1.54, 1.807) is 31.4 Å². The van der Waals surface area contributed by atoms with Crippen LogP contribution in [-0.4, -0.2) is 29.5 Å². The zero-order chi connectivity index (χ0) is 19.9. The standard InChI is InChI=1S/C22H23N3O3/c1-15(2)13-23-22(26)17-6-4-5-16(11-17)20-12-21(25-14-24-20)28-19-9-7-18(27-3)8-10-19/h4-12,14-15H,13H2,1-3H3,(H,23,26). The van der Waals surface area contributed by atoms with Crippen LogP contribution in [0.3, 0.4) is 0 Å². The van der Waals surface area contributed by atoms with Gasteiger partial charge in [0, 0.05) is 23.7 Å². The molecule has 0 unspecified atom stereocenters. The number of amides is 1. The Balaban J connectivity index is 1.77. The van der Waals surface area contributed by atoms with Crippen molar-refractivity contribution in [2.24, 2.45) is 5.92 Å². The molecule has 0 saturated carbocycles. The third kappa shape index (κ3) is 5.07. The van der Waals surface area contributed by atoms with Crippen molar-refractivity contribution in [2.45, 2.75) is 13.8 Å². The second kappa shape index (κ2) is 8.99. The highest BCUT2D eigenvalue weighted by atomic mass is 16.5. The van der Waals surface area contributed by atoms with Gasteiger partial charge in [0.05, 0.1) is 12.8 Å². The number of carbonyl (C=O) groups is 1. The van der Waals surface area contributed by atoms with E-state index in [4.69, 9.17) is 9.47 Å². The maximum atomic E-state index is 12.3. The van der Waals surface area contributed by atoms with Crippen molar-refractivity contribution in [3.05, 3.63) is 66.5 Å². The molecule has 1 heterocycles. The average molecular weight is 377 g/mol. The lowest BCUT2D eigenvalue weighted by Gasteiger charge is -2.09. The largest absolute Gasteiger partial charge is 0.497 e. The molecule has 3 rings (SSSR count). The Bertz CT molecular complexity index is 940. The highest BCUT2D eigenvalue weighted by Gasteiger charge is 2.09. The molecule has 1 amide bonds. The lowest BCUT2D eigenvalue weighted by Crippen LogP contribution is -2.27. The summed E-state index contributed by atoms with van der Waals surface area (Å²) in [4.78, 5) is 20.8. The van der Waals surface area contributed by atoms with Crippen LogP contribution in [-0.2, 0) is 0 Å². The predicted octanol–water partition coefficient (Wildman–Crippen LogP) is 4.33. The summed E-state index contributed by atoms with van der Waals surface area (Å²) in [5.41, 5.74) is 2.09. The molecule has 0 bridgehead atoms. The molecular formula is C22H23N3O3. The van der Waals surface area contributed by atoms with E-state index in [1.165, 1.54) is 6.33 Å². The number of nitrogens with one attached hydrogen (secondary N) is 1. The number of hydrogen-bond donors (Lipinski definition) is 1. The normalized spacial score (nSPS) is 10.6. The third-order valence-electron chi connectivity index (χ3n) is 4.02. The van der Waals surface area contributed by atoms with E-state index >= 15 is 0 Å². The Morgan fingerprint density at radius 3 is 2.50 bits per heavy atom. The minimum atomic E-state index is -0.0979. The van der Waals surface area contributed by atoms with Gasteiger partial charge in [0.25, 0.3) is 5.91 Å². The summed E-state index contributed by atoms with van der Waals surface area (Å²) in [6, 6.07) is 16.3. The van der Waals surface area contributed by atoms with Crippen LogP contribution in [0.2, 0.25) is 0 Å². The number of aromatic nitrogens is 2. The van der Waals surface area contributed by atoms with Crippen LogP contribution in [0.25, 0.3) is 11.3 Å². The summed E-state index contributed by atoms with van der Waals surface area (Å²) in [6.45, 7) is 4.75. The Morgan fingerprint density at radius 2 is 1.79 bits per heavy atom. The molecule has 0 saturated heterocycles. The molecule has 3 aromatic rings. The number of methoxy groups -OCH3 is 1. The molecule has 6 nitrogen and oxygen atoms in total. The minimum Gasteiger partial charge on any atom is -0.497 e. The van der Waals surface area contributed by atoms with E-state index in [1.807, 2.05) is 30.3 Å². The summed E-state index contributed by atoms with van der Waals surface area (Å²) < 4.78 is 10.9. The van der Waals surface area contributed by atoms with E-state index in [2.05, 4.69) is 29.1 Å². The molecule has 0 radical (unpaired) electrons. The minimum absolute atomic E-state index is 0.0979. The SMILES string of the molecule is COc1ccc(Oc2cc(-c3cccc(C(=O)NCC(C)C)c3)ncn2)cc1. The zero-order valence-corrected chi connectivity index (χ0v) is 16.2. The maximum absolute atomic E-state index is 12.3. The lowest BCUT2D eigenvalue weighted by atomic mass is 10.1. The number of ether oxygens (including phenoxy) is 2. The van der Waals surface area contributed by atoms with Gasteiger partial charge in [0.1, 0.15) is 17.8 Å². The van der Waals surface area contributed by atoms with Gasteiger partial charge in [-0.05, 0) is 42.3 Å². The molecule has 0 aliphatic carbocycles. The molecule has 0 aliphatic rings. The Morgan fingerprint density at radius 1 is 1.04 bits per heavy atom. The van der Waals surface area contributed by atoms with Crippen LogP contribution in [0.5, 0.6) is 17.4 Å². The second-order valence-corrected chi connectivity index (χ2v) is 6.70. The summed E-state index contributed by atoms with van der Waals surface area (Å²) in [5, 5.41) is 2.92. The molecule has 6 heteroatoms. The highest BCUT2D eigenvalue weighted by molar-refractivity contribution is 5.95. The van der Waals surface area contributed by atoms with Crippen molar-refractivity contribution in [1.29, 1.82) is 0 Å². The topological polar surface area (TPSA) is 73.3 Å². The predicted molar refractivity (Wildman–Crippen MR) is 108 cm³/mol. The average Bonchev–Trinajstić information content (AvgIpc) is 2.73. The van der Waals surface area contributed by atoms with Gasteiger partial charge >= 0.3 is 0 Å². The quantitative estimate of drug-likeness (QED) is 0.663. The molecule has 0 fully saturated rings. The van der Waals surface area contributed by atoms with Crippen molar-refractivity contribution in [3.63, 3.8) is 0 Å². The van der Waals surface area contributed by atoms with Crippen LogP contribution in [0.15, 0.2) is 60.9 Å². The lowest BCUT2D eigenvalue weighted by molar-refractivity contribution is 0.0949. The molecule has 1 N–H and O–H groups in total. The molecular weight excluding hydrogens is 354 g/mol. The fourth-order valence-corrected chi connectivity index (χ4v) is 2.54. The van der Waals surface area contributed by atoms with Crippen molar-refractivity contribution in [2.75, 3.05) is 13.7 Å². The van der Waals surface area contributed by atoms with E-state index in [0.717, 1.165) is 11.3 Å². The maximum Gasteiger partial charge on any atom is 0.251 e. The summed E-state index contributed by atoms with van der Waals surface area (Å²) in [5.74, 6) is 2.12. The third-order valence-corrected chi connectivity index (χ3v) is 4.02. The van der Waals surface area contributed by atoms with E-state index in [0.29, 0.717) is 35.3 Å². The monoisotopic (exact) mass is 377 g/mol. The van der Waals surface area contributed by atoms with Crippen LogP contribution < -0.4 is 14.8 Å². The highest BCUT2D eigenvalue weighted by Crippen LogP contribution is 2.25. The number of carbonyl (C=O) groups excluding carboxylic acids is 1. The Kier molecular flexibility index (Phi) is 6.22. The first-order chi connectivity index (χ1) is 13.5. The second-order valence-electron chi connectivity index (χ2n) is 6.70. The van der Waals surface area contributed by atoms with E-state index in [9.17, 15) is 4.79 Å². The van der Waals surface area contributed by atoms with Crippen LogP contribution in [0.1, 0.15) is 24.2 Å². The smallest absolute Gasteiger partial charge is 0.251 e. The van der Waals surface area contributed by atoms with Crippen LogP contribution >= 0.6 is 0 Å². The first kappa shape index (κ1) is 19.4. The van der Waals surface area contributed by atoms with Gasteiger partial charge in [-0.15, -0.1) is 0 Å². The van der Waals surface area contributed by atoms with E-state index < -0.39 is 0 Å². The molecule has 2 aromatic carbocycles. The number of nitrogens with zero attached hydrogens (tertiary/aromatic N) is 2. The fourth-order valence-electron chi connectivity index (χ4n) is 2.54. The first-order valence-corrected chi connectivity index (χ1v) is 9.07. The van der Waals surface area contributed by atoms with Gasteiger partial charge in [-0.1, -0.05) is 26.0 Å². The molecule has 0 aliphatic heterocycles. The zero-order valence-electron chi connectivity index (χ0n) is 16.2. The fraction of sp³-hybridized carbons (Fsp3) is 0.227. The van der Waals surface area contributed by atoms with Gasteiger partial charge in [0.2, 0.25) is 5.88 Å².